The summed E-state index contributed by atoms with van der Waals surface area (Å²) in [6, 6.07) is 10.1. The third kappa shape index (κ3) is 4.48. The molecule has 3 heteroatoms. The number of benzene rings is 1. The molecule has 0 fully saturated rings. The zero-order chi connectivity index (χ0) is 14.9. The Morgan fingerprint density at radius 3 is 2.67 bits per heavy atom. The normalized spacial score (nSPS) is 15.3. The van der Waals surface area contributed by atoms with Crippen LogP contribution < -0.4 is 5.32 Å². The van der Waals surface area contributed by atoms with Crippen molar-refractivity contribution in [2.24, 2.45) is 0 Å². The van der Waals surface area contributed by atoms with Crippen molar-refractivity contribution >= 4 is 12.1 Å². The van der Waals surface area contributed by atoms with Crippen LogP contribution >= 0.6 is 0 Å². The summed E-state index contributed by atoms with van der Waals surface area (Å²) in [4.78, 5) is 13.3. The largest absolute Gasteiger partial charge is 0.383 e. The highest BCUT2D eigenvalue weighted by Gasteiger charge is 2.16. The summed E-state index contributed by atoms with van der Waals surface area (Å²) in [7, 11) is 0. The van der Waals surface area contributed by atoms with Gasteiger partial charge in [0.2, 0.25) is 6.41 Å². The summed E-state index contributed by atoms with van der Waals surface area (Å²) in [5.41, 5.74) is 3.61. The van der Waals surface area contributed by atoms with E-state index in [1.165, 1.54) is 24.1 Å². The molecule has 1 aromatic rings. The van der Waals surface area contributed by atoms with Crippen molar-refractivity contribution in [1.82, 2.24) is 4.90 Å². The molecule has 0 unspecified atom stereocenters. The molecule has 1 aliphatic rings. The fourth-order valence-corrected chi connectivity index (χ4v) is 2.75. The molecule has 0 radical (unpaired) electrons. The summed E-state index contributed by atoms with van der Waals surface area (Å²) in [6.07, 6.45) is 9.66. The Morgan fingerprint density at radius 2 is 1.95 bits per heavy atom. The number of nitrogens with zero attached hydrogens (tertiary/aromatic N) is 1. The average molecular weight is 284 g/mol. The molecular weight excluding hydrogens is 260 g/mol. The zero-order valence-corrected chi connectivity index (χ0v) is 12.7. The number of nitrogens with one attached hydrogen (secondary N) is 1. The third-order valence-corrected chi connectivity index (χ3v) is 3.78. The number of anilines is 1. The van der Waals surface area contributed by atoms with Gasteiger partial charge in [-0.2, -0.15) is 0 Å². The number of para-hydroxylation sites is 1. The summed E-state index contributed by atoms with van der Waals surface area (Å²) in [6.45, 7) is 3.49. The molecule has 0 atom stereocenters. The smallest absolute Gasteiger partial charge is 0.213 e. The van der Waals surface area contributed by atoms with Gasteiger partial charge in [0.05, 0.1) is 0 Å². The summed E-state index contributed by atoms with van der Waals surface area (Å²) >= 11 is 0. The van der Waals surface area contributed by atoms with Crippen LogP contribution in [0.15, 0.2) is 53.8 Å². The van der Waals surface area contributed by atoms with E-state index in [1.54, 1.807) is 0 Å². The Labute approximate surface area is 127 Å². The Morgan fingerprint density at radius 1 is 1.19 bits per heavy atom. The molecule has 1 amide bonds. The maximum atomic E-state index is 11.4. The predicted octanol–water partition coefficient (Wildman–Crippen LogP) is 3.96. The first kappa shape index (κ1) is 15.4. The van der Waals surface area contributed by atoms with Crippen molar-refractivity contribution in [3.63, 3.8) is 0 Å². The quantitative estimate of drug-likeness (QED) is 0.769. The number of allylic oxidation sites excluding steroid dienone is 4. The van der Waals surface area contributed by atoms with E-state index in [1.807, 2.05) is 42.2 Å². The van der Waals surface area contributed by atoms with Crippen LogP contribution in [0.5, 0.6) is 0 Å². The first-order valence-electron chi connectivity index (χ1n) is 7.70. The van der Waals surface area contributed by atoms with Gasteiger partial charge in [-0.3, -0.25) is 4.79 Å². The number of amides is 1. The van der Waals surface area contributed by atoms with E-state index in [4.69, 9.17) is 0 Å². The van der Waals surface area contributed by atoms with Crippen molar-refractivity contribution in [2.45, 2.75) is 32.6 Å². The number of hydrogen-bond donors (Lipinski definition) is 1. The lowest BCUT2D eigenvalue weighted by atomic mass is 9.95. The minimum Gasteiger partial charge on any atom is -0.383 e. The van der Waals surface area contributed by atoms with Crippen LogP contribution in [0.3, 0.4) is 0 Å². The zero-order valence-electron chi connectivity index (χ0n) is 12.7. The van der Waals surface area contributed by atoms with Gasteiger partial charge in [-0.05, 0) is 50.3 Å². The summed E-state index contributed by atoms with van der Waals surface area (Å²) in [5.74, 6) is 0. The maximum absolute atomic E-state index is 11.4. The standard InChI is InChI=1S/C18H24N2O/c1-2-8-16-9-6-7-12-18(16)20(15-21)14-13-19-17-10-4-3-5-11-17/h2-5,8,10-11,15,19H,6-7,9,12-14H2,1H3. The van der Waals surface area contributed by atoms with Gasteiger partial charge in [0, 0.05) is 24.5 Å². The van der Waals surface area contributed by atoms with Crippen LogP contribution in [0.4, 0.5) is 5.69 Å². The number of hydrogen-bond acceptors (Lipinski definition) is 2. The van der Waals surface area contributed by atoms with Crippen LogP contribution in [-0.4, -0.2) is 24.4 Å². The van der Waals surface area contributed by atoms with Crippen LogP contribution in [0.1, 0.15) is 32.6 Å². The van der Waals surface area contributed by atoms with Gasteiger partial charge in [-0.1, -0.05) is 30.4 Å². The van der Waals surface area contributed by atoms with E-state index < -0.39 is 0 Å². The molecule has 0 spiro atoms. The van der Waals surface area contributed by atoms with Crippen molar-refractivity contribution in [1.29, 1.82) is 0 Å². The lowest BCUT2D eigenvalue weighted by molar-refractivity contribution is -0.116. The van der Waals surface area contributed by atoms with Gasteiger partial charge < -0.3 is 10.2 Å². The molecule has 3 nitrogen and oxygen atoms in total. The fourth-order valence-electron chi connectivity index (χ4n) is 2.75. The van der Waals surface area contributed by atoms with Crippen molar-refractivity contribution in [3.8, 4) is 0 Å². The molecular formula is C18H24N2O. The Balaban J connectivity index is 1.97. The molecule has 0 aromatic heterocycles. The average Bonchev–Trinajstić information content (AvgIpc) is 2.54. The fraction of sp³-hybridized carbons (Fsp3) is 0.389. The maximum Gasteiger partial charge on any atom is 0.213 e. The van der Waals surface area contributed by atoms with Gasteiger partial charge in [-0.15, -0.1) is 0 Å². The van der Waals surface area contributed by atoms with E-state index in [9.17, 15) is 4.79 Å². The lowest BCUT2D eigenvalue weighted by Crippen LogP contribution is -2.29. The molecule has 1 aromatic carbocycles. The topological polar surface area (TPSA) is 32.3 Å². The van der Waals surface area contributed by atoms with E-state index >= 15 is 0 Å². The highest BCUT2D eigenvalue weighted by atomic mass is 16.1. The predicted molar refractivity (Wildman–Crippen MR) is 88.0 cm³/mol. The molecule has 1 N–H and O–H groups in total. The number of rotatable bonds is 7. The Hall–Kier alpha value is -2.03. The Kier molecular flexibility index (Phi) is 6.07. The van der Waals surface area contributed by atoms with Gasteiger partial charge in [0.25, 0.3) is 0 Å². The Bertz CT molecular complexity index is 505. The summed E-state index contributed by atoms with van der Waals surface area (Å²) < 4.78 is 0. The van der Waals surface area contributed by atoms with Crippen LogP contribution in [0, 0.1) is 0 Å². The second-order valence-electron chi connectivity index (χ2n) is 5.27. The van der Waals surface area contributed by atoms with Crippen LogP contribution in [0.25, 0.3) is 0 Å². The second-order valence-corrected chi connectivity index (χ2v) is 5.27. The molecule has 0 heterocycles. The van der Waals surface area contributed by atoms with Crippen molar-refractivity contribution in [2.75, 3.05) is 18.4 Å². The number of carbonyl (C=O) groups is 1. The first-order valence-corrected chi connectivity index (χ1v) is 7.70. The van der Waals surface area contributed by atoms with Crippen LogP contribution in [0.2, 0.25) is 0 Å². The van der Waals surface area contributed by atoms with Crippen molar-refractivity contribution in [3.05, 3.63) is 53.8 Å². The molecule has 1 aliphatic carbocycles. The minimum atomic E-state index is 0.703. The highest BCUT2D eigenvalue weighted by Crippen LogP contribution is 2.27. The highest BCUT2D eigenvalue weighted by molar-refractivity contribution is 5.53. The monoisotopic (exact) mass is 284 g/mol. The molecule has 112 valence electrons. The third-order valence-electron chi connectivity index (χ3n) is 3.78. The lowest BCUT2D eigenvalue weighted by Gasteiger charge is -2.27. The summed E-state index contributed by atoms with van der Waals surface area (Å²) in [5, 5.41) is 3.35. The van der Waals surface area contributed by atoms with Gasteiger partial charge in [-0.25, -0.2) is 0 Å². The minimum absolute atomic E-state index is 0.703. The van der Waals surface area contributed by atoms with E-state index in [0.29, 0.717) is 6.54 Å². The molecule has 0 aliphatic heterocycles. The second kappa shape index (κ2) is 8.30. The van der Waals surface area contributed by atoms with E-state index in [0.717, 1.165) is 31.5 Å². The van der Waals surface area contributed by atoms with E-state index in [2.05, 4.69) is 17.5 Å². The van der Waals surface area contributed by atoms with Gasteiger partial charge in [0.15, 0.2) is 0 Å². The van der Waals surface area contributed by atoms with Gasteiger partial charge in [0.1, 0.15) is 0 Å². The molecule has 0 bridgehead atoms. The first-order chi connectivity index (χ1) is 10.3. The van der Waals surface area contributed by atoms with E-state index in [-0.39, 0.29) is 0 Å². The molecule has 21 heavy (non-hydrogen) atoms. The van der Waals surface area contributed by atoms with Gasteiger partial charge >= 0.3 is 0 Å². The molecule has 0 saturated heterocycles. The number of carbonyl (C=O) groups excluding carboxylic acids is 1. The molecule has 0 saturated carbocycles. The SMILES string of the molecule is CC=CC1=C(N(C=O)CCNc2ccccc2)CCCC1. The van der Waals surface area contributed by atoms with Crippen LogP contribution in [-0.2, 0) is 4.79 Å². The molecule has 2 rings (SSSR count). The van der Waals surface area contributed by atoms with Crippen molar-refractivity contribution < 1.29 is 4.79 Å².